The number of carbonyl (C=O) groups is 1. The van der Waals surface area contributed by atoms with Crippen LogP contribution in [-0.4, -0.2) is 28.9 Å². The molecule has 0 bridgehead atoms. The fourth-order valence-corrected chi connectivity index (χ4v) is 3.75. The third-order valence-corrected chi connectivity index (χ3v) is 4.99. The molecule has 1 aromatic carbocycles. The Balaban J connectivity index is 2.09. The van der Waals surface area contributed by atoms with Gasteiger partial charge in [-0.25, -0.2) is 0 Å². The normalized spacial score (nSPS) is 17.7. The monoisotopic (exact) mass is 293 g/mol. The summed E-state index contributed by atoms with van der Waals surface area (Å²) >= 11 is 1.65. The molecule has 2 rings (SSSR count). The average Bonchev–Trinajstić information content (AvgIpc) is 3.24. The molecule has 1 aliphatic carbocycles. The second-order valence-corrected chi connectivity index (χ2v) is 6.63. The van der Waals surface area contributed by atoms with Crippen LogP contribution in [0, 0.1) is 12.8 Å². The lowest BCUT2D eigenvalue weighted by Crippen LogP contribution is -2.56. The van der Waals surface area contributed by atoms with Gasteiger partial charge in [0.05, 0.1) is 0 Å². The zero-order chi connectivity index (χ0) is 14.6. The van der Waals surface area contributed by atoms with Gasteiger partial charge < -0.3 is 10.4 Å². The maximum Gasteiger partial charge on any atom is 0.325 e. The molecule has 1 atom stereocenters. The number of aliphatic carboxylic acids is 1. The largest absolute Gasteiger partial charge is 0.480 e. The first-order chi connectivity index (χ1) is 9.58. The quantitative estimate of drug-likeness (QED) is 0.722. The van der Waals surface area contributed by atoms with E-state index in [1.807, 2.05) is 6.07 Å². The van der Waals surface area contributed by atoms with Crippen LogP contribution in [0.1, 0.15) is 31.7 Å². The number of rotatable bonds is 8. The maximum atomic E-state index is 11.8. The molecule has 0 amide bonds. The van der Waals surface area contributed by atoms with E-state index in [1.54, 1.807) is 11.8 Å². The fraction of sp³-hybridized carbons (Fsp3) is 0.562. The number of nitrogens with one attached hydrogen (secondary N) is 1. The highest BCUT2D eigenvalue weighted by Gasteiger charge is 2.50. The summed E-state index contributed by atoms with van der Waals surface area (Å²) in [7, 11) is 0. The molecule has 0 saturated heterocycles. The zero-order valence-corrected chi connectivity index (χ0v) is 13.0. The molecule has 0 radical (unpaired) electrons. The summed E-state index contributed by atoms with van der Waals surface area (Å²) in [6.07, 6.45) is 3.01. The SMILES string of the molecule is CCCNC(CSc1cccc(C)c1)(C(=O)O)C1CC1. The number of hydrogen-bond acceptors (Lipinski definition) is 3. The van der Waals surface area contributed by atoms with Gasteiger partial charge >= 0.3 is 5.97 Å². The Morgan fingerprint density at radius 1 is 1.50 bits per heavy atom. The number of carboxylic acid groups (broad SMARTS) is 1. The van der Waals surface area contributed by atoms with Gasteiger partial charge in [0.1, 0.15) is 5.54 Å². The predicted octanol–water partition coefficient (Wildman–Crippen LogP) is 3.32. The number of carboxylic acids is 1. The van der Waals surface area contributed by atoms with Crippen LogP contribution in [0.25, 0.3) is 0 Å². The van der Waals surface area contributed by atoms with E-state index in [4.69, 9.17) is 0 Å². The van der Waals surface area contributed by atoms with E-state index in [9.17, 15) is 9.90 Å². The van der Waals surface area contributed by atoms with Crippen molar-refractivity contribution >= 4 is 17.7 Å². The first-order valence-electron chi connectivity index (χ1n) is 7.26. The fourth-order valence-electron chi connectivity index (χ4n) is 2.45. The standard InChI is InChI=1S/C16H23NO2S/c1-3-9-17-16(15(18)19,13-7-8-13)11-20-14-6-4-5-12(2)10-14/h4-6,10,13,17H,3,7-9,11H2,1-2H3,(H,18,19). The van der Waals surface area contributed by atoms with Crippen molar-refractivity contribution in [3.63, 3.8) is 0 Å². The predicted molar refractivity (Wildman–Crippen MR) is 83.3 cm³/mol. The van der Waals surface area contributed by atoms with Crippen LogP contribution in [0.4, 0.5) is 0 Å². The molecule has 1 aromatic rings. The average molecular weight is 293 g/mol. The molecule has 110 valence electrons. The van der Waals surface area contributed by atoms with Gasteiger partial charge in [-0.2, -0.15) is 0 Å². The number of benzene rings is 1. The topological polar surface area (TPSA) is 49.3 Å². The van der Waals surface area contributed by atoms with Crippen LogP contribution in [-0.2, 0) is 4.79 Å². The van der Waals surface area contributed by atoms with Crippen molar-refractivity contribution in [1.29, 1.82) is 0 Å². The third-order valence-electron chi connectivity index (χ3n) is 3.80. The van der Waals surface area contributed by atoms with Gasteiger partial charge in [-0.1, -0.05) is 24.6 Å². The minimum absolute atomic E-state index is 0.281. The Morgan fingerprint density at radius 3 is 2.80 bits per heavy atom. The summed E-state index contributed by atoms with van der Waals surface area (Å²) in [4.78, 5) is 13.0. The van der Waals surface area contributed by atoms with E-state index in [0.717, 1.165) is 30.7 Å². The van der Waals surface area contributed by atoms with Crippen molar-refractivity contribution in [1.82, 2.24) is 5.32 Å². The molecule has 1 saturated carbocycles. The molecule has 0 heterocycles. The summed E-state index contributed by atoms with van der Waals surface area (Å²) in [6, 6.07) is 8.25. The molecule has 0 aromatic heterocycles. The van der Waals surface area contributed by atoms with Crippen LogP contribution in [0.5, 0.6) is 0 Å². The first kappa shape index (κ1) is 15.4. The Morgan fingerprint density at radius 2 is 2.25 bits per heavy atom. The second kappa shape index (κ2) is 6.64. The third kappa shape index (κ3) is 3.55. The highest BCUT2D eigenvalue weighted by molar-refractivity contribution is 7.99. The summed E-state index contributed by atoms with van der Waals surface area (Å²) < 4.78 is 0. The minimum atomic E-state index is -0.760. The number of hydrogen-bond donors (Lipinski definition) is 2. The lowest BCUT2D eigenvalue weighted by atomic mass is 9.95. The van der Waals surface area contributed by atoms with Crippen molar-refractivity contribution in [3.05, 3.63) is 29.8 Å². The molecular formula is C16H23NO2S. The van der Waals surface area contributed by atoms with Crippen LogP contribution in [0.15, 0.2) is 29.2 Å². The summed E-state index contributed by atoms with van der Waals surface area (Å²) in [6.45, 7) is 4.89. The molecule has 4 heteroatoms. The summed E-state index contributed by atoms with van der Waals surface area (Å²) in [5, 5.41) is 13.0. The Bertz CT molecular complexity index is 473. The van der Waals surface area contributed by atoms with Crippen molar-refractivity contribution in [3.8, 4) is 0 Å². The molecular weight excluding hydrogens is 270 g/mol. The van der Waals surface area contributed by atoms with Crippen LogP contribution >= 0.6 is 11.8 Å². The van der Waals surface area contributed by atoms with Crippen LogP contribution < -0.4 is 5.32 Å². The Hall–Kier alpha value is -1.00. The molecule has 1 fully saturated rings. The maximum absolute atomic E-state index is 11.8. The minimum Gasteiger partial charge on any atom is -0.480 e. The van der Waals surface area contributed by atoms with E-state index in [1.165, 1.54) is 5.56 Å². The molecule has 2 N–H and O–H groups in total. The molecule has 0 aliphatic heterocycles. The zero-order valence-electron chi connectivity index (χ0n) is 12.2. The van der Waals surface area contributed by atoms with Crippen molar-refractivity contribution in [2.45, 2.75) is 43.5 Å². The molecule has 0 spiro atoms. The molecule has 20 heavy (non-hydrogen) atoms. The van der Waals surface area contributed by atoms with E-state index < -0.39 is 11.5 Å². The van der Waals surface area contributed by atoms with E-state index >= 15 is 0 Å². The lowest BCUT2D eigenvalue weighted by molar-refractivity contribution is -0.144. The first-order valence-corrected chi connectivity index (χ1v) is 8.25. The Labute approximate surface area is 125 Å². The van der Waals surface area contributed by atoms with E-state index in [2.05, 4.69) is 37.4 Å². The molecule has 1 unspecified atom stereocenters. The van der Waals surface area contributed by atoms with Gasteiger partial charge in [-0.05, 0) is 50.8 Å². The number of thioether (sulfide) groups is 1. The highest BCUT2D eigenvalue weighted by atomic mass is 32.2. The van der Waals surface area contributed by atoms with Crippen molar-refractivity contribution < 1.29 is 9.90 Å². The van der Waals surface area contributed by atoms with Gasteiger partial charge in [0.15, 0.2) is 0 Å². The van der Waals surface area contributed by atoms with Gasteiger partial charge in [-0.15, -0.1) is 11.8 Å². The molecule has 3 nitrogen and oxygen atoms in total. The van der Waals surface area contributed by atoms with Crippen molar-refractivity contribution in [2.75, 3.05) is 12.3 Å². The summed E-state index contributed by atoms with van der Waals surface area (Å²) in [5.41, 5.74) is 0.452. The van der Waals surface area contributed by atoms with Gasteiger partial charge in [-0.3, -0.25) is 4.79 Å². The van der Waals surface area contributed by atoms with E-state index in [-0.39, 0.29) is 5.92 Å². The van der Waals surface area contributed by atoms with Crippen LogP contribution in [0.2, 0.25) is 0 Å². The van der Waals surface area contributed by atoms with Crippen LogP contribution in [0.3, 0.4) is 0 Å². The van der Waals surface area contributed by atoms with Crippen molar-refractivity contribution in [2.24, 2.45) is 5.92 Å². The second-order valence-electron chi connectivity index (χ2n) is 5.58. The molecule has 1 aliphatic rings. The van der Waals surface area contributed by atoms with E-state index in [0.29, 0.717) is 5.75 Å². The highest BCUT2D eigenvalue weighted by Crippen LogP contribution is 2.42. The Kier molecular flexibility index (Phi) is 5.11. The number of aryl methyl sites for hydroxylation is 1. The lowest BCUT2D eigenvalue weighted by Gasteiger charge is -2.30. The van der Waals surface area contributed by atoms with Gasteiger partial charge in [0, 0.05) is 10.6 Å². The van der Waals surface area contributed by atoms with Gasteiger partial charge in [0.25, 0.3) is 0 Å². The van der Waals surface area contributed by atoms with Gasteiger partial charge in [0.2, 0.25) is 0 Å². The summed E-state index contributed by atoms with van der Waals surface area (Å²) in [5.74, 6) is 0.175. The smallest absolute Gasteiger partial charge is 0.325 e.